The average molecular weight is 255 g/mol. The first kappa shape index (κ1) is 13.6. The van der Waals surface area contributed by atoms with Crippen LogP contribution in [-0.2, 0) is 5.60 Å². The van der Waals surface area contributed by atoms with Crippen LogP contribution < -0.4 is 4.90 Å². The highest BCUT2D eigenvalue weighted by atomic mass is 16.3. The Labute approximate surface area is 115 Å². The van der Waals surface area contributed by atoms with Crippen LogP contribution >= 0.6 is 0 Å². The normalized spacial score (nSPS) is 13.9. The quantitative estimate of drug-likeness (QED) is 0.890. The first-order valence-electron chi connectivity index (χ1n) is 6.67. The van der Waals surface area contributed by atoms with Crippen molar-refractivity contribution in [2.24, 2.45) is 0 Å². The molecule has 0 fully saturated rings. The second kappa shape index (κ2) is 5.45. The molecule has 2 heteroatoms. The minimum absolute atomic E-state index is 0.687. The zero-order chi connectivity index (χ0) is 13.9. The summed E-state index contributed by atoms with van der Waals surface area (Å²) < 4.78 is 0. The predicted molar refractivity (Wildman–Crippen MR) is 80.8 cm³/mol. The van der Waals surface area contributed by atoms with E-state index >= 15 is 0 Å². The molecule has 2 nitrogen and oxygen atoms in total. The maximum absolute atomic E-state index is 10.5. The molecule has 2 rings (SSSR count). The molecule has 0 radical (unpaired) electrons. The van der Waals surface area contributed by atoms with Crippen LogP contribution in [-0.4, -0.2) is 12.2 Å². The van der Waals surface area contributed by atoms with Crippen molar-refractivity contribution < 1.29 is 5.11 Å². The van der Waals surface area contributed by atoms with Crippen molar-refractivity contribution in [2.75, 3.05) is 11.9 Å². The highest BCUT2D eigenvalue weighted by Crippen LogP contribution is 2.35. The summed E-state index contributed by atoms with van der Waals surface area (Å²) >= 11 is 0. The van der Waals surface area contributed by atoms with Crippen molar-refractivity contribution in [3.05, 3.63) is 60.2 Å². The molecule has 2 aromatic rings. The largest absolute Gasteiger partial charge is 0.385 e. The van der Waals surface area contributed by atoms with Crippen LogP contribution in [0.3, 0.4) is 0 Å². The zero-order valence-electron chi connectivity index (χ0n) is 11.8. The molecule has 0 bridgehead atoms. The Morgan fingerprint density at radius 3 is 2.21 bits per heavy atom. The van der Waals surface area contributed by atoms with Gasteiger partial charge in [-0.1, -0.05) is 43.3 Å². The van der Waals surface area contributed by atoms with E-state index in [4.69, 9.17) is 0 Å². The second-order valence-corrected chi connectivity index (χ2v) is 5.04. The second-order valence-electron chi connectivity index (χ2n) is 5.04. The molecule has 0 aromatic heterocycles. The van der Waals surface area contributed by atoms with E-state index in [0.29, 0.717) is 6.42 Å². The zero-order valence-corrected chi connectivity index (χ0v) is 11.8. The molecular formula is C17H21NO. The summed E-state index contributed by atoms with van der Waals surface area (Å²) in [6.45, 7) is 3.87. The predicted octanol–water partition coefficient (Wildman–Crippen LogP) is 4.07. The minimum Gasteiger partial charge on any atom is -0.385 e. The third-order valence-electron chi connectivity index (χ3n) is 3.68. The third-order valence-corrected chi connectivity index (χ3v) is 3.68. The Morgan fingerprint density at radius 2 is 1.58 bits per heavy atom. The number of para-hydroxylation sites is 2. The number of anilines is 2. The molecule has 100 valence electrons. The molecule has 19 heavy (non-hydrogen) atoms. The number of benzene rings is 2. The lowest BCUT2D eigenvalue weighted by Crippen LogP contribution is -2.23. The molecule has 0 saturated carbocycles. The van der Waals surface area contributed by atoms with E-state index in [1.165, 1.54) is 0 Å². The molecule has 0 aliphatic heterocycles. The van der Waals surface area contributed by atoms with Crippen LogP contribution in [0.5, 0.6) is 0 Å². The molecule has 1 N–H and O–H groups in total. The van der Waals surface area contributed by atoms with Gasteiger partial charge in [0.15, 0.2) is 0 Å². The molecule has 1 unspecified atom stereocenters. The maximum Gasteiger partial charge on any atom is 0.0886 e. The molecular weight excluding hydrogens is 234 g/mol. The summed E-state index contributed by atoms with van der Waals surface area (Å²) in [6.07, 6.45) is 0.687. The van der Waals surface area contributed by atoms with Crippen molar-refractivity contribution >= 4 is 11.4 Å². The van der Waals surface area contributed by atoms with Gasteiger partial charge in [0.2, 0.25) is 0 Å². The van der Waals surface area contributed by atoms with E-state index in [0.717, 1.165) is 16.9 Å². The van der Waals surface area contributed by atoms with E-state index in [9.17, 15) is 5.11 Å². The summed E-state index contributed by atoms with van der Waals surface area (Å²) in [5, 5.41) is 10.5. The summed E-state index contributed by atoms with van der Waals surface area (Å²) in [6, 6.07) is 18.2. The lowest BCUT2D eigenvalue weighted by molar-refractivity contribution is 0.0536. The lowest BCUT2D eigenvalue weighted by atomic mass is 9.91. The van der Waals surface area contributed by atoms with Crippen LogP contribution in [0.4, 0.5) is 11.4 Å². The smallest absolute Gasteiger partial charge is 0.0886 e. The standard InChI is InChI=1S/C17H21NO/c1-4-17(2,19)15-12-8-9-13-16(15)18(3)14-10-6-5-7-11-14/h5-13,19H,4H2,1-3H3. The van der Waals surface area contributed by atoms with Gasteiger partial charge in [-0.2, -0.15) is 0 Å². The Morgan fingerprint density at radius 1 is 1.00 bits per heavy atom. The number of hydrogen-bond acceptors (Lipinski definition) is 2. The van der Waals surface area contributed by atoms with Crippen molar-refractivity contribution in [2.45, 2.75) is 25.9 Å². The molecule has 2 aromatic carbocycles. The van der Waals surface area contributed by atoms with E-state index in [1.807, 2.05) is 63.4 Å². The topological polar surface area (TPSA) is 23.5 Å². The molecule has 0 amide bonds. The molecule has 0 saturated heterocycles. The highest BCUT2D eigenvalue weighted by Gasteiger charge is 2.25. The monoisotopic (exact) mass is 255 g/mol. The van der Waals surface area contributed by atoms with Crippen LogP contribution in [0.1, 0.15) is 25.8 Å². The summed E-state index contributed by atoms with van der Waals surface area (Å²) in [4.78, 5) is 2.11. The summed E-state index contributed by atoms with van der Waals surface area (Å²) in [5.41, 5.74) is 2.31. The first-order chi connectivity index (χ1) is 9.06. The van der Waals surface area contributed by atoms with Gasteiger partial charge in [-0.05, 0) is 31.5 Å². The van der Waals surface area contributed by atoms with Gasteiger partial charge in [-0.3, -0.25) is 0 Å². The van der Waals surface area contributed by atoms with Gasteiger partial charge in [0.25, 0.3) is 0 Å². The molecule has 1 atom stereocenters. The molecule has 0 spiro atoms. The maximum atomic E-state index is 10.5. The Hall–Kier alpha value is -1.80. The molecule has 0 heterocycles. The van der Waals surface area contributed by atoms with Crippen molar-refractivity contribution in [3.63, 3.8) is 0 Å². The summed E-state index contributed by atoms with van der Waals surface area (Å²) in [5.74, 6) is 0. The van der Waals surface area contributed by atoms with E-state index in [1.54, 1.807) is 0 Å². The van der Waals surface area contributed by atoms with Gasteiger partial charge >= 0.3 is 0 Å². The van der Waals surface area contributed by atoms with Gasteiger partial charge < -0.3 is 10.0 Å². The third kappa shape index (κ3) is 2.79. The van der Waals surface area contributed by atoms with Crippen LogP contribution in [0, 0.1) is 0 Å². The van der Waals surface area contributed by atoms with Gasteiger partial charge in [-0.25, -0.2) is 0 Å². The summed E-state index contributed by atoms with van der Waals surface area (Å²) in [7, 11) is 2.03. The van der Waals surface area contributed by atoms with Gasteiger partial charge in [0, 0.05) is 24.0 Å². The molecule has 0 aliphatic carbocycles. The highest BCUT2D eigenvalue weighted by molar-refractivity contribution is 5.66. The molecule has 0 aliphatic rings. The minimum atomic E-state index is -0.806. The Bertz CT molecular complexity index is 534. The van der Waals surface area contributed by atoms with Gasteiger partial charge in [-0.15, -0.1) is 0 Å². The number of aliphatic hydroxyl groups is 1. The fraction of sp³-hybridized carbons (Fsp3) is 0.294. The van der Waals surface area contributed by atoms with E-state index in [2.05, 4.69) is 17.0 Å². The fourth-order valence-electron chi connectivity index (χ4n) is 2.20. The van der Waals surface area contributed by atoms with E-state index in [-0.39, 0.29) is 0 Å². The van der Waals surface area contributed by atoms with Crippen molar-refractivity contribution in [3.8, 4) is 0 Å². The number of rotatable bonds is 4. The lowest BCUT2D eigenvalue weighted by Gasteiger charge is -2.29. The van der Waals surface area contributed by atoms with Crippen LogP contribution in [0.2, 0.25) is 0 Å². The van der Waals surface area contributed by atoms with Crippen molar-refractivity contribution in [1.29, 1.82) is 0 Å². The fourth-order valence-corrected chi connectivity index (χ4v) is 2.20. The van der Waals surface area contributed by atoms with Gasteiger partial charge in [0.05, 0.1) is 5.60 Å². The average Bonchev–Trinajstić information content (AvgIpc) is 2.47. The number of nitrogens with zero attached hydrogens (tertiary/aromatic N) is 1. The van der Waals surface area contributed by atoms with E-state index < -0.39 is 5.60 Å². The van der Waals surface area contributed by atoms with Crippen LogP contribution in [0.25, 0.3) is 0 Å². The number of hydrogen-bond donors (Lipinski definition) is 1. The van der Waals surface area contributed by atoms with Crippen molar-refractivity contribution in [1.82, 2.24) is 0 Å². The van der Waals surface area contributed by atoms with Gasteiger partial charge in [0.1, 0.15) is 0 Å². The SMILES string of the molecule is CCC(C)(O)c1ccccc1N(C)c1ccccc1. The van der Waals surface area contributed by atoms with Crippen LogP contribution in [0.15, 0.2) is 54.6 Å². The first-order valence-corrected chi connectivity index (χ1v) is 6.67. The Kier molecular flexibility index (Phi) is 3.91. The Balaban J connectivity index is 2.46.